The molecule has 1 aromatic heterocycles. The van der Waals surface area contributed by atoms with E-state index >= 15 is 13.2 Å². The van der Waals surface area contributed by atoms with E-state index in [2.05, 4.69) is 32.0 Å². The van der Waals surface area contributed by atoms with Crippen molar-refractivity contribution in [1.29, 1.82) is 0 Å². The summed E-state index contributed by atoms with van der Waals surface area (Å²) in [6.45, 7) is 1.86. The summed E-state index contributed by atoms with van der Waals surface area (Å²) in [5.74, 6) is -2.99. The SMILES string of the molecule is CN1CCC(Nc2ncc3c(F)c(-c4c(F)ccc(NS(=O)(=O)c5cc(Cl)cc6c5CCC6O)c4F)ccc3n2)CC1. The fourth-order valence-electron chi connectivity index (χ4n) is 5.62. The van der Waals surface area contributed by atoms with Crippen LogP contribution in [0.15, 0.2) is 47.5 Å². The summed E-state index contributed by atoms with van der Waals surface area (Å²) in [7, 11) is -2.36. The average Bonchev–Trinajstić information content (AvgIpc) is 3.32. The number of rotatable bonds is 6. The Morgan fingerprint density at radius 1 is 1.05 bits per heavy atom. The van der Waals surface area contributed by atoms with Crippen LogP contribution in [0.5, 0.6) is 0 Å². The number of piperidine rings is 1. The minimum atomic E-state index is -4.42. The maximum Gasteiger partial charge on any atom is 0.262 e. The molecule has 1 fully saturated rings. The van der Waals surface area contributed by atoms with Gasteiger partial charge in [-0.25, -0.2) is 31.6 Å². The van der Waals surface area contributed by atoms with E-state index in [1.165, 1.54) is 30.5 Å². The van der Waals surface area contributed by atoms with E-state index in [1.807, 2.05) is 0 Å². The molecule has 1 aliphatic carbocycles. The zero-order chi connectivity index (χ0) is 29.8. The number of aromatic nitrogens is 2. The number of nitrogens with one attached hydrogen (secondary N) is 2. The summed E-state index contributed by atoms with van der Waals surface area (Å²) in [4.78, 5) is 10.6. The molecule has 1 saturated heterocycles. The predicted molar refractivity (Wildman–Crippen MR) is 155 cm³/mol. The first kappa shape index (κ1) is 28.7. The van der Waals surface area contributed by atoms with Gasteiger partial charge in [-0.1, -0.05) is 11.6 Å². The van der Waals surface area contributed by atoms with Crippen LogP contribution >= 0.6 is 11.6 Å². The van der Waals surface area contributed by atoms with E-state index in [9.17, 15) is 13.5 Å². The summed E-state index contributed by atoms with van der Waals surface area (Å²) in [6, 6.07) is 7.30. The minimum absolute atomic E-state index is 0.0424. The lowest BCUT2D eigenvalue weighted by atomic mass is 10.0. The van der Waals surface area contributed by atoms with E-state index in [1.54, 1.807) is 0 Å². The van der Waals surface area contributed by atoms with Crippen LogP contribution in [0.25, 0.3) is 22.0 Å². The molecule has 3 N–H and O–H groups in total. The van der Waals surface area contributed by atoms with Gasteiger partial charge in [0.25, 0.3) is 10.0 Å². The number of benzene rings is 3. The molecular formula is C29H27ClF3N5O3S. The van der Waals surface area contributed by atoms with Gasteiger partial charge in [0.05, 0.1) is 33.2 Å². The van der Waals surface area contributed by atoms with E-state index in [0.717, 1.165) is 38.1 Å². The van der Waals surface area contributed by atoms with Gasteiger partial charge in [0.15, 0.2) is 5.82 Å². The quantitative estimate of drug-likeness (QED) is 0.257. The highest BCUT2D eigenvalue weighted by atomic mass is 35.5. The molecule has 0 bridgehead atoms. The van der Waals surface area contributed by atoms with Gasteiger partial charge in [-0.3, -0.25) is 4.72 Å². The first-order chi connectivity index (χ1) is 20.0. The molecule has 0 radical (unpaired) electrons. The van der Waals surface area contributed by atoms with Gasteiger partial charge in [0.1, 0.15) is 11.6 Å². The standard InChI is InChI=1S/C29H27ClF3N5O3S/c1-38-10-8-16(9-11-38)35-29-34-14-20-22(36-29)5-2-18(27(20)32)26-21(31)4-6-23(28(26)33)37-42(40,41)25-13-15(30)12-19-17(25)3-7-24(19)39/h2,4-6,12-14,16,24,37,39H,3,7-11H2,1H3,(H,34,35,36). The van der Waals surface area contributed by atoms with Crippen molar-refractivity contribution in [1.82, 2.24) is 14.9 Å². The monoisotopic (exact) mass is 617 g/mol. The lowest BCUT2D eigenvalue weighted by molar-refractivity contribution is 0.180. The molecule has 220 valence electrons. The first-order valence-electron chi connectivity index (χ1n) is 13.4. The number of halogens is 4. The fraction of sp³-hybridized carbons (Fsp3) is 0.310. The lowest BCUT2D eigenvalue weighted by Gasteiger charge is -2.29. The number of sulfonamides is 1. The van der Waals surface area contributed by atoms with Crippen molar-refractivity contribution in [2.24, 2.45) is 0 Å². The predicted octanol–water partition coefficient (Wildman–Crippen LogP) is 5.65. The maximum absolute atomic E-state index is 15.8. The molecule has 3 aromatic carbocycles. The number of aliphatic hydroxyl groups excluding tert-OH is 1. The van der Waals surface area contributed by atoms with Crippen molar-refractivity contribution >= 4 is 44.2 Å². The van der Waals surface area contributed by atoms with Gasteiger partial charge >= 0.3 is 0 Å². The summed E-state index contributed by atoms with van der Waals surface area (Å²) in [5, 5.41) is 13.5. The fourth-order valence-corrected chi connectivity index (χ4v) is 7.30. The lowest BCUT2D eigenvalue weighted by Crippen LogP contribution is -2.37. The second-order valence-corrected chi connectivity index (χ2v) is 12.8. The summed E-state index contributed by atoms with van der Waals surface area (Å²) >= 11 is 6.10. The minimum Gasteiger partial charge on any atom is -0.388 e. The molecule has 1 aliphatic heterocycles. The molecule has 4 aromatic rings. The molecule has 8 nitrogen and oxygen atoms in total. The number of anilines is 2. The van der Waals surface area contributed by atoms with Crippen molar-refractivity contribution in [3.63, 3.8) is 0 Å². The molecular weight excluding hydrogens is 591 g/mol. The number of nitrogens with zero attached hydrogens (tertiary/aromatic N) is 3. The number of fused-ring (bicyclic) bond motifs is 2. The molecule has 13 heteroatoms. The summed E-state index contributed by atoms with van der Waals surface area (Å²) < 4.78 is 75.3. The van der Waals surface area contributed by atoms with Crippen LogP contribution in [0.2, 0.25) is 5.02 Å². The Morgan fingerprint density at radius 2 is 1.81 bits per heavy atom. The van der Waals surface area contributed by atoms with Gasteiger partial charge in [0.2, 0.25) is 5.95 Å². The highest BCUT2D eigenvalue weighted by molar-refractivity contribution is 7.92. The molecule has 2 aliphatic rings. The van der Waals surface area contributed by atoms with Gasteiger partial charge in [-0.05, 0) is 93.3 Å². The Hall–Kier alpha value is -3.45. The Morgan fingerprint density at radius 3 is 2.57 bits per heavy atom. The third-order valence-corrected chi connectivity index (χ3v) is 9.53. The van der Waals surface area contributed by atoms with Crippen LogP contribution in [-0.4, -0.2) is 54.6 Å². The van der Waals surface area contributed by atoms with Gasteiger partial charge in [-0.15, -0.1) is 0 Å². The molecule has 0 spiro atoms. The Bertz CT molecular complexity index is 1820. The Balaban J connectivity index is 1.33. The third-order valence-electron chi connectivity index (χ3n) is 7.88. The van der Waals surface area contributed by atoms with Crippen molar-refractivity contribution in [3.8, 4) is 11.1 Å². The average molecular weight is 618 g/mol. The van der Waals surface area contributed by atoms with E-state index in [-0.39, 0.29) is 33.3 Å². The summed E-state index contributed by atoms with van der Waals surface area (Å²) in [6.07, 6.45) is 2.80. The molecule has 0 saturated carbocycles. The van der Waals surface area contributed by atoms with Crippen molar-refractivity contribution in [3.05, 3.63) is 76.2 Å². The van der Waals surface area contributed by atoms with Crippen molar-refractivity contribution < 1.29 is 26.7 Å². The molecule has 6 rings (SSSR count). The molecule has 1 unspecified atom stereocenters. The van der Waals surface area contributed by atoms with Crippen LogP contribution in [0.4, 0.5) is 24.8 Å². The van der Waals surface area contributed by atoms with E-state index in [0.29, 0.717) is 23.5 Å². The molecule has 0 amide bonds. The summed E-state index contributed by atoms with van der Waals surface area (Å²) in [5.41, 5.74) is -0.732. The highest BCUT2D eigenvalue weighted by Crippen LogP contribution is 2.39. The maximum atomic E-state index is 15.8. The highest BCUT2D eigenvalue weighted by Gasteiger charge is 2.30. The Kier molecular flexibility index (Phi) is 7.50. The molecule has 1 atom stereocenters. The number of aliphatic hydroxyl groups is 1. The zero-order valence-electron chi connectivity index (χ0n) is 22.5. The van der Waals surface area contributed by atoms with Crippen LogP contribution < -0.4 is 10.0 Å². The number of hydrogen-bond acceptors (Lipinski definition) is 7. The van der Waals surface area contributed by atoms with Crippen LogP contribution in [-0.2, 0) is 16.4 Å². The second-order valence-electron chi connectivity index (χ2n) is 10.7. The normalized spacial score (nSPS) is 17.9. The number of likely N-dealkylation sites (tertiary alicyclic amines) is 1. The van der Waals surface area contributed by atoms with Gasteiger partial charge in [-0.2, -0.15) is 0 Å². The van der Waals surface area contributed by atoms with Gasteiger partial charge < -0.3 is 15.3 Å². The number of hydrogen-bond donors (Lipinski definition) is 3. The molecule has 42 heavy (non-hydrogen) atoms. The smallest absolute Gasteiger partial charge is 0.262 e. The van der Waals surface area contributed by atoms with Crippen LogP contribution in [0.3, 0.4) is 0 Å². The van der Waals surface area contributed by atoms with Crippen LogP contribution in [0.1, 0.15) is 36.5 Å². The first-order valence-corrected chi connectivity index (χ1v) is 15.3. The van der Waals surface area contributed by atoms with Gasteiger partial charge in [0, 0.05) is 22.8 Å². The molecule has 2 heterocycles. The van der Waals surface area contributed by atoms with E-state index < -0.39 is 50.4 Å². The topological polar surface area (TPSA) is 107 Å². The van der Waals surface area contributed by atoms with Crippen LogP contribution in [0, 0.1) is 17.5 Å². The Labute approximate surface area is 245 Å². The third kappa shape index (κ3) is 5.28. The van der Waals surface area contributed by atoms with Crippen molar-refractivity contribution in [2.75, 3.05) is 30.2 Å². The second kappa shape index (κ2) is 11.0. The zero-order valence-corrected chi connectivity index (χ0v) is 24.0. The largest absolute Gasteiger partial charge is 0.388 e. The van der Waals surface area contributed by atoms with Crippen molar-refractivity contribution in [2.45, 2.75) is 42.7 Å². The van der Waals surface area contributed by atoms with E-state index in [4.69, 9.17) is 11.6 Å².